The van der Waals surface area contributed by atoms with E-state index in [2.05, 4.69) is 15.3 Å². The van der Waals surface area contributed by atoms with E-state index in [1.165, 1.54) is 16.9 Å². The molecule has 0 saturated carbocycles. The van der Waals surface area contributed by atoms with Crippen molar-refractivity contribution in [3.05, 3.63) is 99.0 Å². The Morgan fingerprint density at radius 1 is 1.19 bits per heavy atom. The zero-order chi connectivity index (χ0) is 22.5. The van der Waals surface area contributed by atoms with E-state index in [9.17, 15) is 4.79 Å². The van der Waals surface area contributed by atoms with Crippen LogP contribution in [-0.2, 0) is 24.9 Å². The minimum absolute atomic E-state index is 0.135. The predicted octanol–water partition coefficient (Wildman–Crippen LogP) is 4.87. The van der Waals surface area contributed by atoms with Gasteiger partial charge in [0.05, 0.1) is 12.1 Å². The summed E-state index contributed by atoms with van der Waals surface area (Å²) in [5, 5.41) is 6.45. The van der Waals surface area contributed by atoms with E-state index in [0.717, 1.165) is 22.1 Å². The third kappa shape index (κ3) is 5.55. The Hall–Kier alpha value is -3.16. The highest BCUT2D eigenvalue weighted by atomic mass is 35.5. The fourth-order valence-electron chi connectivity index (χ4n) is 3.26. The molecule has 0 aliphatic carbocycles. The molecule has 0 fully saturated rings. The van der Waals surface area contributed by atoms with Crippen molar-refractivity contribution in [1.29, 1.82) is 0 Å². The Kier molecular flexibility index (Phi) is 6.87. The van der Waals surface area contributed by atoms with Gasteiger partial charge in [-0.15, -0.1) is 11.3 Å². The number of ether oxygens (including phenoxy) is 1. The van der Waals surface area contributed by atoms with Crippen LogP contribution >= 0.6 is 22.9 Å². The first-order chi connectivity index (χ1) is 15.5. The molecule has 4 rings (SSSR count). The summed E-state index contributed by atoms with van der Waals surface area (Å²) in [4.78, 5) is 21.8. The fourth-order valence-corrected chi connectivity index (χ4v) is 4.09. The van der Waals surface area contributed by atoms with Crippen LogP contribution in [0.25, 0.3) is 0 Å². The lowest BCUT2D eigenvalue weighted by Crippen LogP contribution is -2.32. The van der Waals surface area contributed by atoms with Crippen LogP contribution < -0.4 is 10.1 Å². The molecular formula is C24H23ClN4O2S. The van der Waals surface area contributed by atoms with Crippen molar-refractivity contribution in [2.24, 2.45) is 7.05 Å². The van der Waals surface area contributed by atoms with Crippen molar-refractivity contribution in [3.8, 4) is 5.75 Å². The van der Waals surface area contributed by atoms with E-state index in [0.29, 0.717) is 17.3 Å². The molecule has 1 atom stereocenters. The molecule has 0 aliphatic rings. The first-order valence-corrected chi connectivity index (χ1v) is 11.4. The maximum atomic E-state index is 12.8. The van der Waals surface area contributed by atoms with Crippen molar-refractivity contribution in [2.75, 3.05) is 0 Å². The zero-order valence-corrected chi connectivity index (χ0v) is 19.4. The molecule has 2 aromatic carbocycles. The van der Waals surface area contributed by atoms with Crippen molar-refractivity contribution < 1.29 is 9.53 Å². The van der Waals surface area contributed by atoms with Gasteiger partial charge in [-0.05, 0) is 36.8 Å². The van der Waals surface area contributed by atoms with E-state index in [1.807, 2.05) is 66.5 Å². The fraction of sp³-hybridized carbons (Fsp3) is 0.208. The number of amides is 1. The molecule has 2 heterocycles. The van der Waals surface area contributed by atoms with E-state index >= 15 is 0 Å². The number of rotatable bonds is 8. The molecule has 164 valence electrons. The van der Waals surface area contributed by atoms with Gasteiger partial charge in [-0.3, -0.25) is 4.79 Å². The third-order valence-electron chi connectivity index (χ3n) is 4.95. The molecular weight excluding hydrogens is 444 g/mol. The van der Waals surface area contributed by atoms with Gasteiger partial charge in [0, 0.05) is 29.8 Å². The average Bonchev–Trinajstić information content (AvgIpc) is 3.41. The van der Waals surface area contributed by atoms with Crippen LogP contribution in [0.2, 0.25) is 5.02 Å². The average molecular weight is 467 g/mol. The van der Waals surface area contributed by atoms with Crippen LogP contribution in [0.5, 0.6) is 5.75 Å². The molecule has 1 N–H and O–H groups in total. The van der Waals surface area contributed by atoms with Gasteiger partial charge >= 0.3 is 0 Å². The summed E-state index contributed by atoms with van der Waals surface area (Å²) in [6, 6.07) is 14.9. The number of imidazole rings is 1. The van der Waals surface area contributed by atoms with Gasteiger partial charge in [0.25, 0.3) is 0 Å². The van der Waals surface area contributed by atoms with Gasteiger partial charge in [-0.25, -0.2) is 9.97 Å². The van der Waals surface area contributed by atoms with Crippen molar-refractivity contribution >= 4 is 28.8 Å². The van der Waals surface area contributed by atoms with Crippen LogP contribution in [0, 0.1) is 6.92 Å². The first kappa shape index (κ1) is 22.0. The number of benzene rings is 2. The molecule has 0 aliphatic heterocycles. The number of carbonyl (C=O) groups is 1. The molecule has 2 aromatic heterocycles. The third-order valence-corrected chi connectivity index (χ3v) is 6.07. The summed E-state index contributed by atoms with van der Waals surface area (Å²) in [5.41, 5.74) is 2.80. The maximum Gasteiger partial charge on any atom is 0.226 e. The number of thiazole rings is 1. The number of aryl methyl sites for hydroxylation is 2. The highest BCUT2D eigenvalue weighted by molar-refractivity contribution is 7.09. The lowest BCUT2D eigenvalue weighted by Gasteiger charge is -2.19. The standard InChI is InChI=1S/C24H23ClN4O2S/c1-16-3-9-20(10-4-16)31-14-22-27-19(15-32-22)13-21(30)28-23(24-26-11-12-29(24)2)17-5-7-18(25)8-6-17/h3-12,15,23H,13-14H2,1-2H3,(H,28,30). The number of carbonyl (C=O) groups excluding carboxylic acids is 1. The summed E-state index contributed by atoms with van der Waals surface area (Å²) in [5.74, 6) is 1.40. The highest BCUT2D eigenvalue weighted by Gasteiger charge is 2.21. The Labute approximate surface area is 195 Å². The summed E-state index contributed by atoms with van der Waals surface area (Å²) >= 11 is 7.52. The number of hydrogen-bond donors (Lipinski definition) is 1. The van der Waals surface area contributed by atoms with Crippen molar-refractivity contribution in [3.63, 3.8) is 0 Å². The van der Waals surface area contributed by atoms with Gasteiger partial charge in [0.15, 0.2) is 0 Å². The van der Waals surface area contributed by atoms with Crippen LogP contribution in [0.15, 0.2) is 66.3 Å². The first-order valence-electron chi connectivity index (χ1n) is 10.1. The zero-order valence-electron chi connectivity index (χ0n) is 17.8. The molecule has 8 heteroatoms. The van der Waals surface area contributed by atoms with Crippen LogP contribution in [0.3, 0.4) is 0 Å². The number of hydrogen-bond acceptors (Lipinski definition) is 5. The molecule has 0 bridgehead atoms. The Balaban J connectivity index is 1.40. The summed E-state index contributed by atoms with van der Waals surface area (Å²) < 4.78 is 7.68. The molecule has 0 radical (unpaired) electrons. The Bertz CT molecular complexity index is 1190. The predicted molar refractivity (Wildman–Crippen MR) is 126 cm³/mol. The number of nitrogens with zero attached hydrogens (tertiary/aromatic N) is 3. The van der Waals surface area contributed by atoms with Gasteiger partial charge in [0.1, 0.15) is 29.2 Å². The normalized spacial score (nSPS) is 11.8. The van der Waals surface area contributed by atoms with E-state index in [4.69, 9.17) is 16.3 Å². The Morgan fingerprint density at radius 3 is 2.62 bits per heavy atom. The Morgan fingerprint density at radius 2 is 1.94 bits per heavy atom. The molecule has 0 saturated heterocycles. The van der Waals surface area contributed by atoms with Crippen molar-refractivity contribution in [2.45, 2.75) is 26.0 Å². The summed E-state index contributed by atoms with van der Waals surface area (Å²) in [7, 11) is 1.90. The quantitative estimate of drug-likeness (QED) is 0.402. The highest BCUT2D eigenvalue weighted by Crippen LogP contribution is 2.23. The number of aromatic nitrogens is 3. The topological polar surface area (TPSA) is 69.0 Å². The van der Waals surface area contributed by atoms with Gasteiger partial charge in [-0.2, -0.15) is 0 Å². The van der Waals surface area contributed by atoms with Crippen LogP contribution in [-0.4, -0.2) is 20.4 Å². The van der Waals surface area contributed by atoms with Crippen LogP contribution in [0.4, 0.5) is 0 Å². The second-order valence-corrected chi connectivity index (χ2v) is 8.84. The van der Waals surface area contributed by atoms with Gasteiger partial charge < -0.3 is 14.6 Å². The van der Waals surface area contributed by atoms with E-state index in [-0.39, 0.29) is 18.4 Å². The molecule has 0 spiro atoms. The summed E-state index contributed by atoms with van der Waals surface area (Å²) in [6.45, 7) is 2.41. The van der Waals surface area contributed by atoms with Crippen molar-refractivity contribution in [1.82, 2.24) is 19.9 Å². The SMILES string of the molecule is Cc1ccc(OCc2nc(CC(=O)NC(c3ccc(Cl)cc3)c3nccn3C)cs2)cc1. The summed E-state index contributed by atoms with van der Waals surface area (Å²) in [6.07, 6.45) is 3.74. The molecule has 6 nitrogen and oxygen atoms in total. The molecule has 1 amide bonds. The molecule has 32 heavy (non-hydrogen) atoms. The number of halogens is 1. The van der Waals surface area contributed by atoms with Crippen LogP contribution in [0.1, 0.15) is 33.7 Å². The second-order valence-electron chi connectivity index (χ2n) is 7.46. The monoisotopic (exact) mass is 466 g/mol. The lowest BCUT2D eigenvalue weighted by molar-refractivity contribution is -0.121. The minimum Gasteiger partial charge on any atom is -0.486 e. The lowest BCUT2D eigenvalue weighted by atomic mass is 10.1. The number of nitrogens with one attached hydrogen (secondary N) is 1. The van der Waals surface area contributed by atoms with E-state index in [1.54, 1.807) is 18.3 Å². The molecule has 4 aromatic rings. The van der Waals surface area contributed by atoms with E-state index < -0.39 is 0 Å². The second kappa shape index (κ2) is 9.97. The molecule has 1 unspecified atom stereocenters. The minimum atomic E-state index is -0.386. The smallest absolute Gasteiger partial charge is 0.226 e. The maximum absolute atomic E-state index is 12.8. The van der Waals surface area contributed by atoms with Gasteiger partial charge in [0.2, 0.25) is 5.91 Å². The van der Waals surface area contributed by atoms with Gasteiger partial charge in [-0.1, -0.05) is 41.4 Å². The largest absolute Gasteiger partial charge is 0.486 e.